The van der Waals surface area contributed by atoms with Crippen LogP contribution in [-0.4, -0.2) is 3.44 Å². The Hall–Kier alpha value is 1.48. The SMILES string of the molecule is Cl.[O-][I+3]([O-])([O-])O.[Ru]. The van der Waals surface area contributed by atoms with Crippen molar-refractivity contribution in [2.75, 3.05) is 0 Å². The van der Waals surface area contributed by atoms with Crippen molar-refractivity contribution in [3.63, 3.8) is 0 Å². The van der Waals surface area contributed by atoms with Crippen molar-refractivity contribution in [1.82, 2.24) is 0 Å². The maximum absolute atomic E-state index is 8.73. The molecule has 0 bridgehead atoms. The molecule has 1 N–H and O–H groups in total. The molecule has 0 aromatic carbocycles. The molecular formula is H2ClIO4Ru. The molecule has 0 saturated heterocycles. The molecule has 0 aliphatic carbocycles. The molecule has 7 heavy (non-hydrogen) atoms. The van der Waals surface area contributed by atoms with Gasteiger partial charge in [0.2, 0.25) is 0 Å². The molecule has 48 valence electrons. The van der Waals surface area contributed by atoms with E-state index >= 15 is 0 Å². The van der Waals surface area contributed by atoms with Crippen LogP contribution >= 0.6 is 12.4 Å². The van der Waals surface area contributed by atoms with Gasteiger partial charge in [-0.3, -0.25) is 10.3 Å². The molecule has 0 unspecified atom stereocenters. The van der Waals surface area contributed by atoms with Gasteiger partial charge in [0, 0.05) is 22.9 Å². The molecule has 0 rings (SSSR count). The molecular weight excluding hydrogens is 327 g/mol. The summed E-state index contributed by atoms with van der Waals surface area (Å²) < 4.78 is 33.2. The second-order valence-electron chi connectivity index (χ2n) is 0.396. The van der Waals surface area contributed by atoms with E-state index in [2.05, 4.69) is 0 Å². The first-order chi connectivity index (χ1) is 2.00. The third-order valence-electron chi connectivity index (χ3n) is 0. The van der Waals surface area contributed by atoms with E-state index in [1.54, 1.807) is 0 Å². The molecule has 0 aromatic heterocycles. The van der Waals surface area contributed by atoms with E-state index < -0.39 is 20.1 Å². The monoisotopic (exact) mass is 330 g/mol. The second kappa shape index (κ2) is 5.62. The quantitative estimate of drug-likeness (QED) is 0.353. The minimum Gasteiger partial charge on any atom is -0.256 e. The van der Waals surface area contributed by atoms with Crippen LogP contribution < -0.4 is 30.4 Å². The Balaban J connectivity index is -0.0000000800. The maximum Gasteiger partial charge on any atom is 0.368 e. The van der Waals surface area contributed by atoms with Crippen LogP contribution in [0.5, 0.6) is 0 Å². The third kappa shape index (κ3) is 102. The Labute approximate surface area is 65.4 Å². The molecule has 4 nitrogen and oxygen atoms in total. The zero-order chi connectivity index (χ0) is 4.50. The van der Waals surface area contributed by atoms with Gasteiger partial charge in [0.05, 0.1) is 0 Å². The Kier molecular flexibility index (Phi) is 12.7. The standard InChI is InChI=1S/ClH.HIO4.Ru/c;2-1(3,4)5;/h1H;2H;. The van der Waals surface area contributed by atoms with Crippen LogP contribution in [0.15, 0.2) is 0 Å². The van der Waals surface area contributed by atoms with Crippen molar-refractivity contribution in [2.24, 2.45) is 0 Å². The molecule has 0 heterocycles. The summed E-state index contributed by atoms with van der Waals surface area (Å²) >= 11 is -5.69. The predicted octanol–water partition coefficient (Wildman–Crippen LogP) is -6.70. The van der Waals surface area contributed by atoms with Crippen LogP contribution in [0, 0.1) is 0 Å². The normalized spacial score (nSPS) is 8.57. The summed E-state index contributed by atoms with van der Waals surface area (Å²) in [5.41, 5.74) is 0. The Bertz CT molecular complexity index is 27.2. The number of rotatable bonds is 0. The summed E-state index contributed by atoms with van der Waals surface area (Å²) in [6, 6.07) is 0. The van der Waals surface area contributed by atoms with Crippen LogP contribution in [-0.2, 0) is 19.5 Å². The van der Waals surface area contributed by atoms with Gasteiger partial charge >= 0.3 is 20.1 Å². The minimum atomic E-state index is -5.69. The van der Waals surface area contributed by atoms with Crippen LogP contribution in [0.1, 0.15) is 0 Å². The van der Waals surface area contributed by atoms with Gasteiger partial charge in [-0.15, -0.1) is 12.4 Å². The number of hydrogen-bond acceptors (Lipinski definition) is 4. The summed E-state index contributed by atoms with van der Waals surface area (Å²) in [5, 5.41) is 0. The van der Waals surface area contributed by atoms with Gasteiger partial charge < -0.3 is 0 Å². The topological polar surface area (TPSA) is 89.4 Å². The Morgan fingerprint density at radius 2 is 1.14 bits per heavy atom. The maximum atomic E-state index is 8.73. The molecule has 0 aliphatic heterocycles. The van der Waals surface area contributed by atoms with Gasteiger partial charge in [-0.05, 0) is 0 Å². The summed E-state index contributed by atoms with van der Waals surface area (Å²) in [7, 11) is 0. The average molecular weight is 329 g/mol. The first-order valence-corrected chi connectivity index (χ1v) is 4.24. The molecule has 0 aromatic rings. The van der Waals surface area contributed by atoms with Gasteiger partial charge in [-0.2, -0.15) is 0 Å². The van der Waals surface area contributed by atoms with Gasteiger partial charge in [-0.1, -0.05) is 0 Å². The van der Waals surface area contributed by atoms with E-state index in [0.717, 1.165) is 0 Å². The first kappa shape index (κ1) is 15.8. The molecule has 0 aliphatic rings. The smallest absolute Gasteiger partial charge is 0.256 e. The summed E-state index contributed by atoms with van der Waals surface area (Å²) in [5.74, 6) is 0. The fraction of sp³-hybridized carbons (Fsp3) is 0. The first-order valence-electron chi connectivity index (χ1n) is 0.632. The van der Waals surface area contributed by atoms with Crippen LogP contribution in [0.4, 0.5) is 0 Å². The molecule has 0 amide bonds. The zero-order valence-electron chi connectivity index (χ0n) is 2.81. The van der Waals surface area contributed by atoms with Crippen LogP contribution in [0.2, 0.25) is 0 Å². The summed E-state index contributed by atoms with van der Waals surface area (Å²) in [6.45, 7) is 0. The Morgan fingerprint density at radius 3 is 1.14 bits per heavy atom. The molecule has 7 heteroatoms. The van der Waals surface area contributed by atoms with Gasteiger partial charge in [0.25, 0.3) is 0 Å². The molecule has 0 fully saturated rings. The zero-order valence-corrected chi connectivity index (χ0v) is 7.52. The molecule has 0 spiro atoms. The van der Waals surface area contributed by atoms with Crippen molar-refractivity contribution in [2.45, 2.75) is 0 Å². The van der Waals surface area contributed by atoms with Crippen LogP contribution in [0.3, 0.4) is 0 Å². The second-order valence-corrected chi connectivity index (χ2v) is 2.66. The number of halogens is 2. The van der Waals surface area contributed by atoms with Crippen molar-refractivity contribution < 1.29 is 53.3 Å². The molecule has 0 radical (unpaired) electrons. The van der Waals surface area contributed by atoms with Crippen molar-refractivity contribution in [3.05, 3.63) is 0 Å². The van der Waals surface area contributed by atoms with Gasteiger partial charge in [0.1, 0.15) is 0 Å². The summed E-state index contributed by atoms with van der Waals surface area (Å²) in [4.78, 5) is 0. The minimum absolute atomic E-state index is 0. The third-order valence-corrected chi connectivity index (χ3v) is 0. The van der Waals surface area contributed by atoms with E-state index in [-0.39, 0.29) is 31.9 Å². The van der Waals surface area contributed by atoms with E-state index in [0.29, 0.717) is 0 Å². The predicted molar refractivity (Wildman–Crippen MR) is 9.47 cm³/mol. The van der Waals surface area contributed by atoms with E-state index in [1.807, 2.05) is 0 Å². The van der Waals surface area contributed by atoms with Crippen molar-refractivity contribution in [1.29, 1.82) is 0 Å². The van der Waals surface area contributed by atoms with Gasteiger partial charge in [-0.25, -0.2) is 0 Å². The van der Waals surface area contributed by atoms with E-state index in [4.69, 9.17) is 13.7 Å². The van der Waals surface area contributed by atoms with E-state index in [9.17, 15) is 0 Å². The molecule has 0 atom stereocenters. The van der Waals surface area contributed by atoms with E-state index in [1.165, 1.54) is 0 Å². The largest absolute Gasteiger partial charge is 0.368 e. The molecule has 0 saturated carbocycles. The van der Waals surface area contributed by atoms with Gasteiger partial charge in [0.15, 0.2) is 0 Å². The number of hydrogen-bond donors (Lipinski definition) is 1. The fourth-order valence-electron chi connectivity index (χ4n) is 0. The summed E-state index contributed by atoms with van der Waals surface area (Å²) in [6.07, 6.45) is 0. The van der Waals surface area contributed by atoms with Crippen LogP contribution in [0.25, 0.3) is 0 Å². The fourth-order valence-corrected chi connectivity index (χ4v) is 0. The average Bonchev–Trinajstić information content (AvgIpc) is 0.722. The van der Waals surface area contributed by atoms with Crippen molar-refractivity contribution >= 4 is 12.4 Å². The van der Waals surface area contributed by atoms with Crippen molar-refractivity contribution in [3.8, 4) is 0 Å². The Morgan fingerprint density at radius 1 is 1.14 bits per heavy atom.